The van der Waals surface area contributed by atoms with Crippen molar-refractivity contribution in [2.75, 3.05) is 39.4 Å². The molecular weight excluding hydrogens is 967 g/mol. The van der Waals surface area contributed by atoms with Crippen LogP contribution >= 0.6 is 0 Å². The molecule has 1 aromatic carbocycles. The fourth-order valence-corrected chi connectivity index (χ4v) is 11.9. The van der Waals surface area contributed by atoms with Crippen LogP contribution in [-0.4, -0.2) is 64.2 Å². The molecule has 2 unspecified atom stereocenters. The lowest BCUT2D eigenvalue weighted by molar-refractivity contribution is -0.172. The molecule has 78 heavy (non-hydrogen) atoms. The standard InChI is InChI=1S/C70H129NO7/c1-6-9-12-15-18-21-24-27-30-33-36-39-42-45-48-51-56-76-66-59-62(69(72)71-63-54-55-64(70(73)75-5)65(61-63)74-4)60-67(77-57-52-49-46-43-40-37-34-31-28-25-22-19-16-13-10-7-2)68(66)78-58-53-50-47-44-41-38-35-32-29-26-23-20-17-14-11-8-3/h54-55,61-62,66-68H,6-53,56-60H2,1-5H3,(H,71,72). The summed E-state index contributed by atoms with van der Waals surface area (Å²) in [7, 11) is 2.88. The van der Waals surface area contributed by atoms with E-state index < -0.39 is 5.97 Å². The third kappa shape index (κ3) is 39.3. The summed E-state index contributed by atoms with van der Waals surface area (Å²) in [6.45, 7) is 8.94. The van der Waals surface area contributed by atoms with Gasteiger partial charge in [0.25, 0.3) is 0 Å². The summed E-state index contributed by atoms with van der Waals surface area (Å²) < 4.78 is 31.0. The summed E-state index contributed by atoms with van der Waals surface area (Å²) in [5.74, 6) is -0.480. The lowest BCUT2D eigenvalue weighted by Crippen LogP contribution is -2.51. The van der Waals surface area contributed by atoms with Crippen LogP contribution in [0.3, 0.4) is 0 Å². The highest BCUT2D eigenvalue weighted by Gasteiger charge is 2.42. The van der Waals surface area contributed by atoms with Crippen molar-refractivity contribution < 1.29 is 33.3 Å². The maximum Gasteiger partial charge on any atom is 0.341 e. The molecule has 0 saturated heterocycles. The first kappa shape index (κ1) is 71.9. The molecule has 1 aromatic rings. The number of hydrogen-bond donors (Lipinski definition) is 1. The highest BCUT2D eigenvalue weighted by Crippen LogP contribution is 2.34. The first-order chi connectivity index (χ1) is 38.5. The van der Waals surface area contributed by atoms with Gasteiger partial charge in [0.15, 0.2) is 0 Å². The van der Waals surface area contributed by atoms with E-state index in [0.29, 0.717) is 49.7 Å². The van der Waals surface area contributed by atoms with Gasteiger partial charge in [-0.1, -0.05) is 310 Å². The number of nitrogens with one attached hydrogen (secondary N) is 1. The van der Waals surface area contributed by atoms with Crippen LogP contribution in [0.25, 0.3) is 0 Å². The zero-order valence-corrected chi connectivity index (χ0v) is 52.4. The third-order valence-corrected chi connectivity index (χ3v) is 17.0. The number of ether oxygens (including phenoxy) is 5. The van der Waals surface area contributed by atoms with Crippen LogP contribution in [-0.2, 0) is 23.7 Å². The molecule has 1 N–H and O–H groups in total. The number of esters is 1. The number of hydrogen-bond acceptors (Lipinski definition) is 7. The van der Waals surface area contributed by atoms with Crippen LogP contribution in [0, 0.1) is 5.92 Å². The Morgan fingerprint density at radius 1 is 0.397 bits per heavy atom. The number of carbonyl (C=O) groups is 2. The van der Waals surface area contributed by atoms with Gasteiger partial charge in [0.05, 0.1) is 26.4 Å². The van der Waals surface area contributed by atoms with Crippen LogP contribution in [0.1, 0.15) is 352 Å². The van der Waals surface area contributed by atoms with Gasteiger partial charge in [-0.05, 0) is 44.2 Å². The van der Waals surface area contributed by atoms with Crippen molar-refractivity contribution in [3.63, 3.8) is 0 Å². The quantitative estimate of drug-likeness (QED) is 0.0513. The molecule has 456 valence electrons. The number of rotatable bonds is 58. The van der Waals surface area contributed by atoms with E-state index in [4.69, 9.17) is 23.7 Å². The fraction of sp³-hybridized carbons (Fsp3) is 0.886. The first-order valence-electron chi connectivity index (χ1n) is 34.4. The van der Waals surface area contributed by atoms with E-state index in [1.54, 1.807) is 18.2 Å². The Bertz CT molecular complexity index is 1420. The third-order valence-electron chi connectivity index (χ3n) is 17.0. The average molecular weight is 1100 g/mol. The summed E-state index contributed by atoms with van der Waals surface area (Å²) in [5, 5.41) is 3.16. The molecule has 0 radical (unpaired) electrons. The highest BCUT2D eigenvalue weighted by molar-refractivity contribution is 5.96. The Balaban J connectivity index is 1.95. The number of amides is 1. The van der Waals surface area contributed by atoms with Gasteiger partial charge in [-0.25, -0.2) is 4.79 Å². The molecule has 8 heteroatoms. The molecule has 2 rings (SSSR count). The van der Waals surface area contributed by atoms with Gasteiger partial charge in [0.2, 0.25) is 5.91 Å². The lowest BCUT2D eigenvalue weighted by Gasteiger charge is -2.41. The summed E-state index contributed by atoms with van der Waals surface area (Å²) in [4.78, 5) is 26.6. The fourth-order valence-electron chi connectivity index (χ4n) is 11.9. The number of unbranched alkanes of at least 4 members (excludes halogenated alkanes) is 45. The number of anilines is 1. The molecule has 8 nitrogen and oxygen atoms in total. The topological polar surface area (TPSA) is 92.3 Å². The SMILES string of the molecule is CCCCCCCCCCCCCCCCCCOC1CC(C(=O)Nc2ccc(C(=O)OC)c(OC)c2)CC(OCCCCCCCCCCCCCCCCCC)C1OCCCCCCCCCCCCCCCCCC. The van der Waals surface area contributed by atoms with Gasteiger partial charge >= 0.3 is 5.97 Å². The van der Waals surface area contributed by atoms with Crippen LogP contribution in [0.15, 0.2) is 18.2 Å². The van der Waals surface area contributed by atoms with Gasteiger partial charge in [-0.3, -0.25) is 4.79 Å². The second kappa shape index (κ2) is 54.1. The second-order valence-corrected chi connectivity index (χ2v) is 24.1. The minimum absolute atomic E-state index is 0.0638. The molecule has 0 aliphatic heterocycles. The monoisotopic (exact) mass is 1100 g/mol. The van der Waals surface area contributed by atoms with Crippen LogP contribution in [0.5, 0.6) is 5.75 Å². The summed E-state index contributed by atoms with van der Waals surface area (Å²) in [6, 6.07) is 5.10. The molecule has 1 saturated carbocycles. The maximum atomic E-state index is 14.2. The Labute approximate surface area is 483 Å². The van der Waals surface area contributed by atoms with Crippen molar-refractivity contribution in [2.24, 2.45) is 5.92 Å². The van der Waals surface area contributed by atoms with Crippen molar-refractivity contribution in [2.45, 2.75) is 360 Å². The maximum absolute atomic E-state index is 14.2. The molecule has 1 aliphatic carbocycles. The molecule has 1 amide bonds. The van der Waals surface area contributed by atoms with E-state index in [2.05, 4.69) is 26.1 Å². The molecule has 0 spiro atoms. The lowest BCUT2D eigenvalue weighted by atomic mass is 9.82. The van der Waals surface area contributed by atoms with Crippen LogP contribution in [0.4, 0.5) is 5.69 Å². The normalized spacial score (nSPS) is 16.5. The van der Waals surface area contributed by atoms with E-state index in [1.807, 2.05) is 0 Å². The molecule has 0 heterocycles. The molecule has 0 aromatic heterocycles. The molecule has 0 bridgehead atoms. The van der Waals surface area contributed by atoms with Crippen LogP contribution < -0.4 is 10.1 Å². The van der Waals surface area contributed by atoms with Crippen LogP contribution in [0.2, 0.25) is 0 Å². The van der Waals surface area contributed by atoms with E-state index >= 15 is 0 Å². The average Bonchev–Trinajstić information content (AvgIpc) is 3.45. The summed E-state index contributed by atoms with van der Waals surface area (Å²) >= 11 is 0. The zero-order valence-electron chi connectivity index (χ0n) is 52.4. The van der Waals surface area contributed by atoms with E-state index in [1.165, 1.54) is 303 Å². The smallest absolute Gasteiger partial charge is 0.341 e. The van der Waals surface area contributed by atoms with Crippen molar-refractivity contribution in [1.29, 1.82) is 0 Å². The van der Waals surface area contributed by atoms with E-state index in [-0.39, 0.29) is 30.1 Å². The second-order valence-electron chi connectivity index (χ2n) is 24.1. The Morgan fingerprint density at radius 2 is 0.679 bits per heavy atom. The minimum Gasteiger partial charge on any atom is -0.496 e. The summed E-state index contributed by atoms with van der Waals surface area (Å²) in [6.07, 6.45) is 65.0. The van der Waals surface area contributed by atoms with Gasteiger partial charge in [-0.2, -0.15) is 0 Å². The van der Waals surface area contributed by atoms with Crippen molar-refractivity contribution in [3.05, 3.63) is 23.8 Å². The Kier molecular flexibility index (Phi) is 49.9. The Hall–Kier alpha value is -2.16. The van der Waals surface area contributed by atoms with Gasteiger partial charge in [0, 0.05) is 37.5 Å². The van der Waals surface area contributed by atoms with Crippen molar-refractivity contribution in [1.82, 2.24) is 0 Å². The molecule has 1 aliphatic rings. The number of benzene rings is 1. The highest BCUT2D eigenvalue weighted by atomic mass is 16.6. The van der Waals surface area contributed by atoms with Crippen molar-refractivity contribution >= 4 is 17.6 Å². The van der Waals surface area contributed by atoms with Crippen molar-refractivity contribution in [3.8, 4) is 5.75 Å². The number of carbonyl (C=O) groups excluding carboxylic acids is 2. The predicted octanol–water partition coefficient (Wildman–Crippen LogP) is 21.8. The predicted molar refractivity (Wildman–Crippen MR) is 334 cm³/mol. The first-order valence-corrected chi connectivity index (χ1v) is 34.4. The molecule has 1 fully saturated rings. The van der Waals surface area contributed by atoms with E-state index in [0.717, 1.165) is 19.3 Å². The number of methoxy groups -OCH3 is 2. The summed E-state index contributed by atoms with van der Waals surface area (Å²) in [5.41, 5.74) is 0.910. The van der Waals surface area contributed by atoms with Gasteiger partial charge in [-0.15, -0.1) is 0 Å². The molecular formula is C70H129NO7. The van der Waals surface area contributed by atoms with E-state index in [9.17, 15) is 9.59 Å². The molecule has 2 atom stereocenters. The largest absolute Gasteiger partial charge is 0.496 e. The Morgan fingerprint density at radius 3 is 0.962 bits per heavy atom. The zero-order chi connectivity index (χ0) is 56.0. The minimum atomic E-state index is -0.476. The van der Waals surface area contributed by atoms with Gasteiger partial charge < -0.3 is 29.0 Å². The van der Waals surface area contributed by atoms with Gasteiger partial charge in [0.1, 0.15) is 17.4 Å².